The van der Waals surface area contributed by atoms with Crippen LogP contribution in [0.25, 0.3) is 0 Å². The first-order valence-electron chi connectivity index (χ1n) is 4.93. The van der Waals surface area contributed by atoms with E-state index in [2.05, 4.69) is 0 Å². The number of amides is 1. The van der Waals surface area contributed by atoms with Crippen LogP contribution in [0.15, 0.2) is 18.2 Å². The third-order valence-electron chi connectivity index (χ3n) is 2.47. The summed E-state index contributed by atoms with van der Waals surface area (Å²) >= 11 is 0. The molecule has 0 aliphatic heterocycles. The molecule has 0 aliphatic rings. The summed E-state index contributed by atoms with van der Waals surface area (Å²) in [6.07, 6.45) is 0. The molecule has 1 rings (SSSR count). The summed E-state index contributed by atoms with van der Waals surface area (Å²) in [5.41, 5.74) is 1.10. The largest absolute Gasteiger partial charge is 0.507 e. The zero-order chi connectivity index (χ0) is 12.3. The van der Waals surface area contributed by atoms with Crippen molar-refractivity contribution in [2.45, 2.75) is 19.9 Å². The van der Waals surface area contributed by atoms with Gasteiger partial charge in [0.25, 0.3) is 5.91 Å². The molecule has 0 saturated heterocycles. The summed E-state index contributed by atoms with van der Waals surface area (Å²) in [5.74, 6) is -0.409. The van der Waals surface area contributed by atoms with Crippen LogP contribution in [-0.2, 0) is 0 Å². The number of aromatic hydroxyl groups is 1. The third kappa shape index (κ3) is 2.31. The molecule has 16 heavy (non-hydrogen) atoms. The predicted molar refractivity (Wildman–Crippen MR) is 60.0 cm³/mol. The minimum atomic E-state index is -0.520. The quantitative estimate of drug-likeness (QED) is 0.821. The molecule has 1 aromatic rings. The van der Waals surface area contributed by atoms with E-state index in [1.807, 2.05) is 13.0 Å². The molecule has 0 fully saturated rings. The number of nitriles is 1. The van der Waals surface area contributed by atoms with Crippen LogP contribution in [-0.4, -0.2) is 29.0 Å². The van der Waals surface area contributed by atoms with Gasteiger partial charge in [-0.25, -0.2) is 0 Å². The lowest BCUT2D eigenvalue weighted by atomic mass is 10.1. The van der Waals surface area contributed by atoms with Crippen LogP contribution in [0, 0.1) is 18.3 Å². The first-order chi connectivity index (χ1) is 7.47. The lowest BCUT2D eigenvalue weighted by Gasteiger charge is -2.19. The van der Waals surface area contributed by atoms with Crippen LogP contribution in [0.1, 0.15) is 22.8 Å². The van der Waals surface area contributed by atoms with Gasteiger partial charge in [0.15, 0.2) is 0 Å². The lowest BCUT2D eigenvalue weighted by molar-refractivity contribution is 0.0770. The number of phenolic OH excluding ortho intramolecular Hbond substituents is 1. The molecule has 0 heterocycles. The van der Waals surface area contributed by atoms with Crippen molar-refractivity contribution in [1.82, 2.24) is 4.90 Å². The summed E-state index contributed by atoms with van der Waals surface area (Å²) < 4.78 is 0. The number of phenols is 1. The Morgan fingerprint density at radius 3 is 2.69 bits per heavy atom. The molecule has 1 amide bonds. The van der Waals surface area contributed by atoms with E-state index in [1.54, 1.807) is 19.1 Å². The van der Waals surface area contributed by atoms with Gasteiger partial charge >= 0.3 is 0 Å². The number of hydrogen-bond donors (Lipinski definition) is 1. The van der Waals surface area contributed by atoms with Crippen LogP contribution in [0.2, 0.25) is 0 Å². The molecular weight excluding hydrogens is 204 g/mol. The average molecular weight is 218 g/mol. The third-order valence-corrected chi connectivity index (χ3v) is 2.47. The summed E-state index contributed by atoms with van der Waals surface area (Å²) in [7, 11) is 1.54. The van der Waals surface area contributed by atoms with Gasteiger partial charge in [0.05, 0.1) is 11.6 Å². The van der Waals surface area contributed by atoms with Crippen LogP contribution in [0.5, 0.6) is 5.75 Å². The van der Waals surface area contributed by atoms with Gasteiger partial charge in [-0.05, 0) is 31.5 Å². The number of hydrogen-bond acceptors (Lipinski definition) is 3. The lowest BCUT2D eigenvalue weighted by Crippen LogP contribution is -2.34. The Morgan fingerprint density at radius 1 is 1.56 bits per heavy atom. The van der Waals surface area contributed by atoms with Crippen LogP contribution < -0.4 is 0 Å². The maximum atomic E-state index is 11.9. The van der Waals surface area contributed by atoms with Gasteiger partial charge in [0.1, 0.15) is 11.8 Å². The zero-order valence-corrected chi connectivity index (χ0v) is 9.56. The highest BCUT2D eigenvalue weighted by molar-refractivity contribution is 5.97. The molecule has 0 saturated carbocycles. The summed E-state index contributed by atoms with van der Waals surface area (Å²) in [5, 5.41) is 18.3. The molecule has 0 spiro atoms. The number of carbonyl (C=O) groups is 1. The van der Waals surface area contributed by atoms with Crippen LogP contribution in [0.4, 0.5) is 0 Å². The molecule has 0 radical (unpaired) electrons. The molecular formula is C12H14N2O2. The zero-order valence-electron chi connectivity index (χ0n) is 9.56. The van der Waals surface area contributed by atoms with Crippen molar-refractivity contribution in [3.8, 4) is 11.8 Å². The van der Waals surface area contributed by atoms with E-state index in [0.29, 0.717) is 0 Å². The van der Waals surface area contributed by atoms with Gasteiger partial charge in [0, 0.05) is 7.05 Å². The molecule has 1 atom stereocenters. The van der Waals surface area contributed by atoms with Crippen molar-refractivity contribution < 1.29 is 9.90 Å². The molecule has 1 aromatic carbocycles. The van der Waals surface area contributed by atoms with E-state index in [9.17, 15) is 9.90 Å². The fourth-order valence-electron chi connectivity index (χ4n) is 1.28. The molecule has 84 valence electrons. The second kappa shape index (κ2) is 4.67. The maximum absolute atomic E-state index is 11.9. The Hall–Kier alpha value is -2.02. The topological polar surface area (TPSA) is 64.3 Å². The van der Waals surface area contributed by atoms with Crippen molar-refractivity contribution in [2.24, 2.45) is 0 Å². The molecule has 4 heteroatoms. The highest BCUT2D eigenvalue weighted by Crippen LogP contribution is 2.20. The van der Waals surface area contributed by atoms with Gasteiger partial charge in [0.2, 0.25) is 0 Å². The summed E-state index contributed by atoms with van der Waals surface area (Å²) in [6.45, 7) is 3.46. The summed E-state index contributed by atoms with van der Waals surface area (Å²) in [4.78, 5) is 13.2. The van der Waals surface area contributed by atoms with Gasteiger partial charge in [-0.2, -0.15) is 5.26 Å². The second-order valence-corrected chi connectivity index (χ2v) is 3.74. The van der Waals surface area contributed by atoms with Gasteiger partial charge in [-0.1, -0.05) is 6.07 Å². The van der Waals surface area contributed by atoms with Gasteiger partial charge in [-0.15, -0.1) is 0 Å². The highest BCUT2D eigenvalue weighted by atomic mass is 16.3. The second-order valence-electron chi connectivity index (χ2n) is 3.74. The Balaban J connectivity index is 3.02. The van der Waals surface area contributed by atoms with E-state index >= 15 is 0 Å². The number of rotatable bonds is 2. The first kappa shape index (κ1) is 12.1. The average Bonchev–Trinajstić information content (AvgIpc) is 2.26. The van der Waals surface area contributed by atoms with Crippen molar-refractivity contribution in [1.29, 1.82) is 5.26 Å². The number of benzene rings is 1. The Bertz CT molecular complexity index is 449. The molecule has 0 aromatic heterocycles. The normalized spacial score (nSPS) is 11.6. The van der Waals surface area contributed by atoms with Gasteiger partial charge < -0.3 is 10.0 Å². The van der Waals surface area contributed by atoms with E-state index < -0.39 is 6.04 Å². The molecule has 0 bridgehead atoms. The van der Waals surface area contributed by atoms with Gasteiger partial charge in [-0.3, -0.25) is 4.79 Å². The summed E-state index contributed by atoms with van der Waals surface area (Å²) in [6, 6.07) is 6.29. The van der Waals surface area contributed by atoms with Crippen LogP contribution >= 0.6 is 0 Å². The van der Waals surface area contributed by atoms with E-state index in [-0.39, 0.29) is 17.2 Å². The van der Waals surface area contributed by atoms with Crippen LogP contribution in [0.3, 0.4) is 0 Å². The van der Waals surface area contributed by atoms with E-state index in [0.717, 1.165) is 5.56 Å². The fraction of sp³-hybridized carbons (Fsp3) is 0.333. The van der Waals surface area contributed by atoms with Crippen molar-refractivity contribution in [3.05, 3.63) is 29.3 Å². The fourth-order valence-corrected chi connectivity index (χ4v) is 1.28. The molecule has 1 unspecified atom stereocenters. The Morgan fingerprint density at radius 2 is 2.19 bits per heavy atom. The number of aryl methyl sites for hydroxylation is 1. The smallest absolute Gasteiger partial charge is 0.258 e. The number of nitrogens with zero attached hydrogens (tertiary/aromatic N) is 2. The maximum Gasteiger partial charge on any atom is 0.258 e. The highest BCUT2D eigenvalue weighted by Gasteiger charge is 2.19. The van der Waals surface area contributed by atoms with Crippen molar-refractivity contribution in [2.75, 3.05) is 7.05 Å². The monoisotopic (exact) mass is 218 g/mol. The van der Waals surface area contributed by atoms with Crippen molar-refractivity contribution in [3.63, 3.8) is 0 Å². The molecule has 4 nitrogen and oxygen atoms in total. The van der Waals surface area contributed by atoms with E-state index in [4.69, 9.17) is 5.26 Å². The van der Waals surface area contributed by atoms with Crippen molar-refractivity contribution >= 4 is 5.91 Å². The SMILES string of the molecule is Cc1ccc(C(=O)N(C)C(C)C#N)c(O)c1. The van der Waals surface area contributed by atoms with E-state index in [1.165, 1.54) is 18.0 Å². The minimum Gasteiger partial charge on any atom is -0.507 e. The standard InChI is InChI=1S/C12H14N2O2/c1-8-4-5-10(11(15)6-8)12(16)14(3)9(2)7-13/h4-6,9,15H,1-3H3. The molecule has 0 aliphatic carbocycles. The molecule has 1 N–H and O–H groups in total. The minimum absolute atomic E-state index is 0.0537. The Labute approximate surface area is 94.7 Å². The predicted octanol–water partition coefficient (Wildman–Crippen LogP) is 1.68. The number of carbonyl (C=O) groups excluding carboxylic acids is 1. The Kier molecular flexibility index (Phi) is 3.51. The first-order valence-corrected chi connectivity index (χ1v) is 4.93.